The second kappa shape index (κ2) is 11.0. The molecule has 1 fully saturated rings. The maximum absolute atomic E-state index is 13.0. The van der Waals surface area contributed by atoms with E-state index in [-0.39, 0.29) is 27.3 Å². The molecule has 0 radical (unpaired) electrons. The molecule has 2 aromatic carbocycles. The van der Waals surface area contributed by atoms with E-state index < -0.39 is 10.0 Å². The van der Waals surface area contributed by atoms with Gasteiger partial charge in [0.05, 0.1) is 34.0 Å². The number of thioether (sulfide) groups is 1. The molecule has 35 heavy (non-hydrogen) atoms. The van der Waals surface area contributed by atoms with Crippen molar-refractivity contribution in [3.63, 3.8) is 0 Å². The standard InChI is InChI=1S/C23H26ClN5O4S2/c1-28-22(17-8-4-5-9-20(17)33-2)26-27-23(28)34-15-21(30)25-19-14-16(10-11-18(19)24)35(31,32)29-12-6-3-7-13-29/h4-5,8-11,14H,3,6-7,12-13,15H2,1-2H3,(H,25,30). The van der Waals surface area contributed by atoms with Crippen molar-refractivity contribution in [3.8, 4) is 17.1 Å². The monoisotopic (exact) mass is 535 g/mol. The number of rotatable bonds is 8. The molecule has 186 valence electrons. The highest BCUT2D eigenvalue weighted by Crippen LogP contribution is 2.31. The van der Waals surface area contributed by atoms with Gasteiger partial charge in [-0.2, -0.15) is 4.31 Å². The third kappa shape index (κ3) is 5.64. The summed E-state index contributed by atoms with van der Waals surface area (Å²) in [6.45, 7) is 0.996. The number of hydrogen-bond acceptors (Lipinski definition) is 7. The Bertz CT molecular complexity index is 1320. The Hall–Kier alpha value is -2.60. The van der Waals surface area contributed by atoms with Crippen LogP contribution in [0.15, 0.2) is 52.5 Å². The van der Waals surface area contributed by atoms with Crippen molar-refractivity contribution in [3.05, 3.63) is 47.5 Å². The van der Waals surface area contributed by atoms with Crippen LogP contribution in [-0.4, -0.2) is 59.3 Å². The highest BCUT2D eigenvalue weighted by Gasteiger charge is 2.26. The first-order valence-corrected chi connectivity index (χ1v) is 13.9. The SMILES string of the molecule is COc1ccccc1-c1nnc(SCC(=O)Nc2cc(S(=O)(=O)N3CCCCC3)ccc2Cl)n1C. The summed E-state index contributed by atoms with van der Waals surface area (Å²) in [5.74, 6) is 0.985. The molecule has 12 heteroatoms. The van der Waals surface area contributed by atoms with Crippen LogP contribution in [0.4, 0.5) is 5.69 Å². The van der Waals surface area contributed by atoms with Gasteiger partial charge in [0.1, 0.15) is 5.75 Å². The van der Waals surface area contributed by atoms with Crippen LogP contribution in [0.5, 0.6) is 5.75 Å². The number of sulfonamides is 1. The average Bonchev–Trinajstić information content (AvgIpc) is 3.24. The van der Waals surface area contributed by atoms with Crippen molar-refractivity contribution in [1.29, 1.82) is 0 Å². The van der Waals surface area contributed by atoms with Crippen molar-refractivity contribution in [2.45, 2.75) is 29.3 Å². The molecular formula is C23H26ClN5O4S2. The third-order valence-corrected chi connectivity index (χ3v) is 8.92. The van der Waals surface area contributed by atoms with Crippen molar-refractivity contribution >= 4 is 45.0 Å². The van der Waals surface area contributed by atoms with Gasteiger partial charge >= 0.3 is 0 Å². The first kappa shape index (κ1) is 25.5. The van der Waals surface area contributed by atoms with Crippen LogP contribution in [0.25, 0.3) is 11.4 Å². The van der Waals surface area contributed by atoms with Crippen molar-refractivity contribution in [2.75, 3.05) is 31.3 Å². The average molecular weight is 536 g/mol. The maximum Gasteiger partial charge on any atom is 0.243 e. The summed E-state index contributed by atoms with van der Waals surface area (Å²) >= 11 is 7.46. The second-order valence-corrected chi connectivity index (χ2v) is 11.3. The number of para-hydroxylation sites is 1. The number of amides is 1. The zero-order chi connectivity index (χ0) is 25.0. The number of benzene rings is 2. The molecule has 0 atom stereocenters. The van der Waals surface area contributed by atoms with Crippen LogP contribution >= 0.6 is 23.4 Å². The van der Waals surface area contributed by atoms with Gasteiger partial charge in [-0.25, -0.2) is 8.42 Å². The molecule has 0 bridgehead atoms. The van der Waals surface area contributed by atoms with E-state index in [1.807, 2.05) is 31.3 Å². The fraction of sp³-hybridized carbons (Fsp3) is 0.348. The predicted molar refractivity (Wildman–Crippen MR) is 136 cm³/mol. The van der Waals surface area contributed by atoms with Gasteiger partial charge in [-0.05, 0) is 43.2 Å². The lowest BCUT2D eigenvalue weighted by Gasteiger charge is -2.26. The fourth-order valence-electron chi connectivity index (χ4n) is 3.84. The van der Waals surface area contributed by atoms with Crippen molar-refractivity contribution in [1.82, 2.24) is 19.1 Å². The van der Waals surface area contributed by atoms with Crippen LogP contribution in [0.2, 0.25) is 5.02 Å². The van der Waals surface area contributed by atoms with Crippen LogP contribution in [0.3, 0.4) is 0 Å². The number of piperidine rings is 1. The molecule has 1 aliphatic rings. The molecular weight excluding hydrogens is 510 g/mol. The van der Waals surface area contributed by atoms with Gasteiger partial charge in [0.25, 0.3) is 0 Å². The number of nitrogens with one attached hydrogen (secondary N) is 1. The lowest BCUT2D eigenvalue weighted by molar-refractivity contribution is -0.113. The minimum absolute atomic E-state index is 0.0390. The zero-order valence-corrected chi connectivity index (χ0v) is 21.8. The number of hydrogen-bond donors (Lipinski definition) is 1. The number of aromatic nitrogens is 3. The van der Waals surface area contributed by atoms with E-state index in [2.05, 4.69) is 15.5 Å². The molecule has 0 spiro atoms. The van der Waals surface area contributed by atoms with Crippen molar-refractivity contribution < 1.29 is 17.9 Å². The summed E-state index contributed by atoms with van der Waals surface area (Å²) in [4.78, 5) is 12.8. The molecule has 1 amide bonds. The highest BCUT2D eigenvalue weighted by atomic mass is 35.5. The number of carbonyl (C=O) groups excluding carboxylic acids is 1. The summed E-state index contributed by atoms with van der Waals surface area (Å²) in [7, 11) is -0.237. The lowest BCUT2D eigenvalue weighted by Crippen LogP contribution is -2.35. The summed E-state index contributed by atoms with van der Waals surface area (Å²) < 4.78 is 34.6. The van der Waals surface area contributed by atoms with E-state index in [0.717, 1.165) is 24.8 Å². The van der Waals surface area contributed by atoms with E-state index >= 15 is 0 Å². The molecule has 4 rings (SSSR count). The quantitative estimate of drug-likeness (QED) is 0.434. The van der Waals surface area contributed by atoms with E-state index in [1.165, 1.54) is 34.3 Å². The Kier molecular flexibility index (Phi) is 8.00. The Morgan fingerprint density at radius 2 is 1.89 bits per heavy atom. The first-order chi connectivity index (χ1) is 16.8. The Morgan fingerprint density at radius 3 is 2.63 bits per heavy atom. The number of halogens is 1. The second-order valence-electron chi connectivity index (χ2n) is 8.01. The molecule has 3 aromatic rings. The summed E-state index contributed by atoms with van der Waals surface area (Å²) in [5.41, 5.74) is 1.04. The lowest BCUT2D eigenvalue weighted by atomic mass is 10.2. The normalized spacial score (nSPS) is 14.6. The zero-order valence-electron chi connectivity index (χ0n) is 19.4. The van der Waals surface area contributed by atoms with Crippen LogP contribution in [0.1, 0.15) is 19.3 Å². The Labute approximate surface area is 213 Å². The topological polar surface area (TPSA) is 106 Å². The Morgan fingerprint density at radius 1 is 1.14 bits per heavy atom. The number of carbonyl (C=O) groups is 1. The van der Waals surface area contributed by atoms with E-state index in [1.54, 1.807) is 11.7 Å². The molecule has 9 nitrogen and oxygen atoms in total. The molecule has 2 heterocycles. The van der Waals surface area contributed by atoms with E-state index in [4.69, 9.17) is 16.3 Å². The summed E-state index contributed by atoms with van der Waals surface area (Å²) in [6, 6.07) is 11.9. The number of ether oxygens (including phenoxy) is 1. The maximum atomic E-state index is 13.0. The van der Waals surface area contributed by atoms with Gasteiger partial charge in [0, 0.05) is 20.1 Å². The van der Waals surface area contributed by atoms with Gasteiger partial charge in [-0.3, -0.25) is 4.79 Å². The highest BCUT2D eigenvalue weighted by molar-refractivity contribution is 7.99. The van der Waals surface area contributed by atoms with Gasteiger partial charge in [-0.15, -0.1) is 10.2 Å². The Balaban J connectivity index is 1.44. The minimum Gasteiger partial charge on any atom is -0.496 e. The van der Waals surface area contributed by atoms with Crippen LogP contribution in [0, 0.1) is 0 Å². The molecule has 0 saturated carbocycles. The van der Waals surface area contributed by atoms with E-state index in [0.29, 0.717) is 29.8 Å². The number of nitrogens with zero attached hydrogens (tertiary/aromatic N) is 4. The van der Waals surface area contributed by atoms with Crippen LogP contribution in [-0.2, 0) is 21.9 Å². The fourth-order valence-corrected chi connectivity index (χ4v) is 6.26. The van der Waals surface area contributed by atoms with Crippen LogP contribution < -0.4 is 10.1 Å². The van der Waals surface area contributed by atoms with Gasteiger partial charge < -0.3 is 14.6 Å². The molecule has 0 unspecified atom stereocenters. The molecule has 1 aliphatic heterocycles. The molecule has 0 aliphatic carbocycles. The largest absolute Gasteiger partial charge is 0.496 e. The molecule has 1 N–H and O–H groups in total. The number of anilines is 1. The minimum atomic E-state index is -3.64. The summed E-state index contributed by atoms with van der Waals surface area (Å²) in [5, 5.41) is 12.0. The van der Waals surface area contributed by atoms with Gasteiger partial charge in [0.2, 0.25) is 15.9 Å². The van der Waals surface area contributed by atoms with Gasteiger partial charge in [-0.1, -0.05) is 41.9 Å². The van der Waals surface area contributed by atoms with Gasteiger partial charge in [0.15, 0.2) is 11.0 Å². The summed E-state index contributed by atoms with van der Waals surface area (Å²) in [6.07, 6.45) is 2.71. The predicted octanol–water partition coefficient (Wildman–Crippen LogP) is 4.05. The smallest absolute Gasteiger partial charge is 0.243 e. The number of methoxy groups -OCH3 is 1. The van der Waals surface area contributed by atoms with E-state index in [9.17, 15) is 13.2 Å². The third-order valence-electron chi connectivity index (χ3n) is 5.68. The first-order valence-electron chi connectivity index (χ1n) is 11.1. The van der Waals surface area contributed by atoms with Crippen molar-refractivity contribution in [2.24, 2.45) is 7.05 Å². The molecule has 1 saturated heterocycles. The molecule has 1 aromatic heterocycles.